The highest BCUT2D eigenvalue weighted by Crippen LogP contribution is 2.24. The second-order valence-electron chi connectivity index (χ2n) is 5.18. The summed E-state index contributed by atoms with van der Waals surface area (Å²) in [5, 5.41) is 9.23. The molecular weight excluding hydrogens is 338 g/mol. The standard InChI is InChI=1S/C15H21NO7S/c1-5-9(2)13(14(17)18)16-24(20,21)10-6-7-12(22-3)11(8-10)15(19)23-4/h6-9,13,16H,5H2,1-4H3,(H,17,18)/t9-,13-/m0/s1. The minimum atomic E-state index is -4.14. The van der Waals surface area contributed by atoms with Crippen LogP contribution in [0.4, 0.5) is 0 Å². The third-order valence-electron chi connectivity index (χ3n) is 3.65. The van der Waals surface area contributed by atoms with Crippen molar-refractivity contribution in [1.82, 2.24) is 4.72 Å². The molecule has 1 rings (SSSR count). The summed E-state index contributed by atoms with van der Waals surface area (Å²) in [5.74, 6) is -2.29. The first-order valence-corrected chi connectivity index (χ1v) is 8.67. The van der Waals surface area contributed by atoms with E-state index in [4.69, 9.17) is 4.74 Å². The monoisotopic (exact) mass is 359 g/mol. The van der Waals surface area contributed by atoms with Crippen LogP contribution in [-0.4, -0.2) is 45.7 Å². The van der Waals surface area contributed by atoms with E-state index in [1.165, 1.54) is 19.2 Å². The lowest BCUT2D eigenvalue weighted by atomic mass is 10.0. The van der Waals surface area contributed by atoms with Crippen molar-refractivity contribution < 1.29 is 32.6 Å². The largest absolute Gasteiger partial charge is 0.496 e. The van der Waals surface area contributed by atoms with Crippen molar-refractivity contribution in [3.63, 3.8) is 0 Å². The summed E-state index contributed by atoms with van der Waals surface area (Å²) in [7, 11) is -1.65. The van der Waals surface area contributed by atoms with E-state index >= 15 is 0 Å². The molecule has 9 heteroatoms. The van der Waals surface area contributed by atoms with E-state index in [-0.39, 0.29) is 16.2 Å². The van der Waals surface area contributed by atoms with Crippen molar-refractivity contribution in [2.75, 3.05) is 14.2 Å². The third kappa shape index (κ3) is 4.45. The number of methoxy groups -OCH3 is 2. The van der Waals surface area contributed by atoms with Crippen molar-refractivity contribution in [1.29, 1.82) is 0 Å². The zero-order chi connectivity index (χ0) is 18.5. The quantitative estimate of drug-likeness (QED) is 0.671. The predicted octanol–water partition coefficient (Wildman–Crippen LogP) is 1.26. The summed E-state index contributed by atoms with van der Waals surface area (Å²) in [6.45, 7) is 3.40. The molecule has 0 amide bonds. The molecule has 0 heterocycles. The fraction of sp³-hybridized carbons (Fsp3) is 0.467. The molecule has 8 nitrogen and oxygen atoms in total. The Hall–Kier alpha value is -2.13. The lowest BCUT2D eigenvalue weighted by Crippen LogP contribution is -2.44. The van der Waals surface area contributed by atoms with Crippen LogP contribution in [0.1, 0.15) is 30.6 Å². The number of hydrogen-bond donors (Lipinski definition) is 2. The van der Waals surface area contributed by atoms with Crippen LogP contribution in [0.2, 0.25) is 0 Å². The molecule has 0 aromatic heterocycles. The van der Waals surface area contributed by atoms with Crippen molar-refractivity contribution in [3.8, 4) is 5.75 Å². The number of carbonyl (C=O) groups is 2. The van der Waals surface area contributed by atoms with Gasteiger partial charge < -0.3 is 14.6 Å². The van der Waals surface area contributed by atoms with E-state index in [0.717, 1.165) is 13.2 Å². The summed E-state index contributed by atoms with van der Waals surface area (Å²) >= 11 is 0. The molecule has 2 N–H and O–H groups in total. The number of rotatable bonds is 8. The van der Waals surface area contributed by atoms with Gasteiger partial charge in [0, 0.05) is 0 Å². The van der Waals surface area contributed by atoms with E-state index in [2.05, 4.69) is 9.46 Å². The molecule has 134 valence electrons. The van der Waals surface area contributed by atoms with E-state index in [9.17, 15) is 23.1 Å². The van der Waals surface area contributed by atoms with Crippen molar-refractivity contribution >= 4 is 22.0 Å². The second-order valence-corrected chi connectivity index (χ2v) is 6.89. The van der Waals surface area contributed by atoms with Gasteiger partial charge in [0.05, 0.1) is 19.1 Å². The molecule has 0 unspecified atom stereocenters. The summed E-state index contributed by atoms with van der Waals surface area (Å²) in [6.07, 6.45) is 0.482. The first-order valence-electron chi connectivity index (χ1n) is 7.19. The van der Waals surface area contributed by atoms with Gasteiger partial charge in [-0.3, -0.25) is 4.79 Å². The van der Waals surface area contributed by atoms with Gasteiger partial charge in [0.15, 0.2) is 0 Å². The number of ether oxygens (including phenoxy) is 2. The maximum absolute atomic E-state index is 12.5. The third-order valence-corrected chi connectivity index (χ3v) is 5.09. The van der Waals surface area contributed by atoms with Gasteiger partial charge in [-0.1, -0.05) is 20.3 Å². The highest BCUT2D eigenvalue weighted by Gasteiger charge is 2.30. The highest BCUT2D eigenvalue weighted by atomic mass is 32.2. The summed E-state index contributed by atoms with van der Waals surface area (Å²) in [6, 6.07) is 2.34. The molecule has 0 spiro atoms. The average Bonchev–Trinajstić information content (AvgIpc) is 2.57. The minimum Gasteiger partial charge on any atom is -0.496 e. The maximum atomic E-state index is 12.5. The fourth-order valence-corrected chi connectivity index (χ4v) is 3.33. The number of carbonyl (C=O) groups excluding carboxylic acids is 1. The minimum absolute atomic E-state index is 0.0710. The molecule has 0 aliphatic heterocycles. The number of benzene rings is 1. The van der Waals surface area contributed by atoms with Gasteiger partial charge >= 0.3 is 11.9 Å². The smallest absolute Gasteiger partial charge is 0.341 e. The van der Waals surface area contributed by atoms with Crippen LogP contribution in [0.5, 0.6) is 5.75 Å². The lowest BCUT2D eigenvalue weighted by Gasteiger charge is -2.20. The van der Waals surface area contributed by atoms with Gasteiger partial charge in [-0.2, -0.15) is 4.72 Å². The van der Waals surface area contributed by atoms with Gasteiger partial charge in [0.1, 0.15) is 17.4 Å². The van der Waals surface area contributed by atoms with Crippen LogP contribution in [0, 0.1) is 5.92 Å². The molecule has 0 saturated carbocycles. The SMILES string of the molecule is CC[C@H](C)[C@H](NS(=O)(=O)c1ccc(OC)c(C(=O)OC)c1)C(=O)O. The molecule has 0 saturated heterocycles. The number of nitrogens with one attached hydrogen (secondary N) is 1. The molecule has 24 heavy (non-hydrogen) atoms. The van der Waals surface area contributed by atoms with Crippen LogP contribution < -0.4 is 9.46 Å². The summed E-state index contributed by atoms with van der Waals surface area (Å²) < 4.78 is 36.7. The lowest BCUT2D eigenvalue weighted by molar-refractivity contribution is -0.140. The number of aliphatic carboxylic acids is 1. The van der Waals surface area contributed by atoms with E-state index in [0.29, 0.717) is 6.42 Å². The molecule has 0 fully saturated rings. The molecule has 0 radical (unpaired) electrons. The highest BCUT2D eigenvalue weighted by molar-refractivity contribution is 7.89. The van der Waals surface area contributed by atoms with Gasteiger partial charge in [-0.25, -0.2) is 13.2 Å². The Morgan fingerprint density at radius 1 is 1.29 bits per heavy atom. The summed E-state index contributed by atoms with van der Waals surface area (Å²) in [4.78, 5) is 22.8. The topological polar surface area (TPSA) is 119 Å². The Morgan fingerprint density at radius 3 is 2.38 bits per heavy atom. The Bertz CT molecular complexity index is 715. The molecule has 0 aliphatic carbocycles. The van der Waals surface area contributed by atoms with Gasteiger partial charge in [-0.15, -0.1) is 0 Å². The van der Waals surface area contributed by atoms with E-state index in [1.807, 2.05) is 0 Å². The van der Waals surface area contributed by atoms with Crippen LogP contribution >= 0.6 is 0 Å². The van der Waals surface area contributed by atoms with Crippen LogP contribution in [-0.2, 0) is 19.6 Å². The van der Waals surface area contributed by atoms with Crippen molar-refractivity contribution in [2.24, 2.45) is 5.92 Å². The Kier molecular flexibility index (Phi) is 6.73. The van der Waals surface area contributed by atoms with Crippen LogP contribution in [0.3, 0.4) is 0 Å². The average molecular weight is 359 g/mol. The molecule has 0 aliphatic rings. The molecule has 2 atom stereocenters. The van der Waals surface area contributed by atoms with Gasteiger partial charge in [0.25, 0.3) is 0 Å². The molecule has 1 aromatic rings. The summed E-state index contributed by atoms with van der Waals surface area (Å²) in [5.41, 5.74) is -0.0710. The molecule has 1 aromatic carbocycles. The van der Waals surface area contributed by atoms with Crippen molar-refractivity contribution in [2.45, 2.75) is 31.2 Å². The second kappa shape index (κ2) is 8.11. The first kappa shape index (κ1) is 19.9. The Balaban J connectivity index is 3.28. The Labute approximate surface area is 140 Å². The normalized spacial score (nSPS) is 13.8. The zero-order valence-electron chi connectivity index (χ0n) is 13.9. The van der Waals surface area contributed by atoms with E-state index in [1.54, 1.807) is 13.8 Å². The Morgan fingerprint density at radius 2 is 1.92 bits per heavy atom. The van der Waals surface area contributed by atoms with Crippen LogP contribution in [0.25, 0.3) is 0 Å². The zero-order valence-corrected chi connectivity index (χ0v) is 14.7. The van der Waals surface area contributed by atoms with Crippen LogP contribution in [0.15, 0.2) is 23.1 Å². The van der Waals surface area contributed by atoms with Gasteiger partial charge in [0.2, 0.25) is 10.0 Å². The number of hydrogen-bond acceptors (Lipinski definition) is 6. The predicted molar refractivity (Wildman–Crippen MR) is 85.5 cm³/mol. The van der Waals surface area contributed by atoms with Gasteiger partial charge in [-0.05, 0) is 24.1 Å². The number of esters is 1. The number of carboxylic acids is 1. The number of sulfonamides is 1. The maximum Gasteiger partial charge on any atom is 0.341 e. The fourth-order valence-electron chi connectivity index (χ4n) is 2.00. The first-order chi connectivity index (χ1) is 11.2. The van der Waals surface area contributed by atoms with Crippen molar-refractivity contribution in [3.05, 3.63) is 23.8 Å². The van der Waals surface area contributed by atoms with E-state index < -0.39 is 33.9 Å². The molecule has 0 bridgehead atoms. The molecular formula is C15H21NO7S. The number of carboxylic acid groups (broad SMARTS) is 1.